The molecule has 0 bridgehead atoms. The number of hydrogen-bond donors (Lipinski definition) is 0. The third-order valence-electron chi connectivity index (χ3n) is 5.55. The van der Waals surface area contributed by atoms with Crippen molar-refractivity contribution < 1.29 is 9.47 Å². The first-order valence-electron chi connectivity index (χ1n) is 10.4. The molecule has 3 aromatic rings. The summed E-state index contributed by atoms with van der Waals surface area (Å²) in [5.74, 6) is 0. The highest BCUT2D eigenvalue weighted by atomic mass is 31.2. The van der Waals surface area contributed by atoms with Gasteiger partial charge in [0.05, 0.1) is 6.16 Å². The molecule has 0 aliphatic rings. The molecule has 0 aliphatic heterocycles. The van der Waals surface area contributed by atoms with E-state index in [0.29, 0.717) is 0 Å². The molecule has 0 fully saturated rings. The number of methoxy groups -OCH3 is 2. The highest BCUT2D eigenvalue weighted by molar-refractivity contribution is 7.95. The van der Waals surface area contributed by atoms with Crippen LogP contribution in [0, 0.1) is 0 Å². The van der Waals surface area contributed by atoms with Gasteiger partial charge in [-0.1, -0.05) is 54.6 Å². The van der Waals surface area contributed by atoms with Crippen LogP contribution in [0.3, 0.4) is 0 Å². The minimum Gasteiger partial charge on any atom is -0.356 e. The van der Waals surface area contributed by atoms with Crippen LogP contribution in [0.4, 0.5) is 0 Å². The molecular formula is C26H32O2P+. The first kappa shape index (κ1) is 21.7. The van der Waals surface area contributed by atoms with E-state index in [1.807, 2.05) is 0 Å². The standard InChI is InChI=1S/C26H32O2P/c1-27-26(28-2)21-13-6-14-22-29(23-15-7-3-8-16-23,24-17-9-4-10-18-24)25-19-11-5-12-20-25/h3-5,7-12,15-20,26H,6,13-14,21-22H2,1-2H3/q+1. The molecule has 0 N–H and O–H groups in total. The fourth-order valence-corrected chi connectivity index (χ4v) is 8.46. The van der Waals surface area contributed by atoms with Crippen molar-refractivity contribution >= 4 is 23.2 Å². The molecule has 0 unspecified atom stereocenters. The Morgan fingerprint density at radius 3 is 1.38 bits per heavy atom. The average Bonchev–Trinajstić information content (AvgIpc) is 2.81. The van der Waals surface area contributed by atoms with Gasteiger partial charge in [-0.3, -0.25) is 0 Å². The zero-order valence-corrected chi connectivity index (χ0v) is 18.4. The van der Waals surface area contributed by atoms with Gasteiger partial charge in [0.1, 0.15) is 23.2 Å². The van der Waals surface area contributed by atoms with E-state index in [1.165, 1.54) is 34.9 Å². The van der Waals surface area contributed by atoms with E-state index in [4.69, 9.17) is 9.47 Å². The van der Waals surface area contributed by atoms with Crippen LogP contribution in [0.5, 0.6) is 0 Å². The number of unbranched alkanes of at least 4 members (excludes halogenated alkanes) is 2. The van der Waals surface area contributed by atoms with Crippen LogP contribution < -0.4 is 15.9 Å². The maximum atomic E-state index is 5.34. The summed E-state index contributed by atoms with van der Waals surface area (Å²) in [6, 6.07) is 33.3. The minimum absolute atomic E-state index is 0.0908. The average molecular weight is 408 g/mol. The smallest absolute Gasteiger partial charge is 0.156 e. The summed E-state index contributed by atoms with van der Waals surface area (Å²) in [5, 5.41) is 4.39. The van der Waals surface area contributed by atoms with Gasteiger partial charge in [-0.2, -0.15) is 0 Å². The van der Waals surface area contributed by atoms with Gasteiger partial charge >= 0.3 is 0 Å². The first-order chi connectivity index (χ1) is 14.3. The van der Waals surface area contributed by atoms with E-state index in [1.54, 1.807) is 14.2 Å². The molecule has 0 saturated carbocycles. The van der Waals surface area contributed by atoms with Gasteiger partial charge in [0, 0.05) is 14.2 Å². The lowest BCUT2D eigenvalue weighted by Crippen LogP contribution is -2.33. The number of hydrogen-bond acceptors (Lipinski definition) is 2. The van der Waals surface area contributed by atoms with Crippen molar-refractivity contribution in [3.05, 3.63) is 91.0 Å². The Kier molecular flexibility index (Phi) is 8.43. The van der Waals surface area contributed by atoms with E-state index in [-0.39, 0.29) is 6.29 Å². The van der Waals surface area contributed by atoms with Crippen LogP contribution in [0.2, 0.25) is 0 Å². The molecule has 2 nitrogen and oxygen atoms in total. The maximum Gasteiger partial charge on any atom is 0.156 e. The zero-order chi connectivity index (χ0) is 20.4. The fraction of sp³-hybridized carbons (Fsp3) is 0.308. The lowest BCUT2D eigenvalue weighted by Gasteiger charge is -2.27. The van der Waals surface area contributed by atoms with Crippen molar-refractivity contribution in [3.8, 4) is 0 Å². The Balaban J connectivity index is 1.91. The van der Waals surface area contributed by atoms with Crippen LogP contribution in [-0.2, 0) is 9.47 Å². The van der Waals surface area contributed by atoms with Gasteiger partial charge < -0.3 is 9.47 Å². The molecule has 0 aromatic heterocycles. The molecule has 152 valence electrons. The highest BCUT2D eigenvalue weighted by Crippen LogP contribution is 2.55. The molecule has 3 rings (SSSR count). The Hall–Kier alpha value is -1.99. The maximum absolute atomic E-state index is 5.34. The van der Waals surface area contributed by atoms with Crippen molar-refractivity contribution in [1.29, 1.82) is 0 Å². The number of benzene rings is 3. The van der Waals surface area contributed by atoms with Crippen molar-refractivity contribution in [2.75, 3.05) is 20.4 Å². The van der Waals surface area contributed by atoms with Crippen LogP contribution >= 0.6 is 7.26 Å². The van der Waals surface area contributed by atoms with Crippen molar-refractivity contribution in [2.24, 2.45) is 0 Å². The van der Waals surface area contributed by atoms with Gasteiger partial charge in [0.15, 0.2) is 6.29 Å². The van der Waals surface area contributed by atoms with E-state index >= 15 is 0 Å². The summed E-state index contributed by atoms with van der Waals surface area (Å²) >= 11 is 0. The zero-order valence-electron chi connectivity index (χ0n) is 17.5. The van der Waals surface area contributed by atoms with Crippen molar-refractivity contribution in [2.45, 2.75) is 32.0 Å². The first-order valence-corrected chi connectivity index (χ1v) is 12.4. The highest BCUT2D eigenvalue weighted by Gasteiger charge is 2.44. The van der Waals surface area contributed by atoms with Gasteiger partial charge in [0.2, 0.25) is 0 Å². The van der Waals surface area contributed by atoms with Crippen molar-refractivity contribution in [3.63, 3.8) is 0 Å². The SMILES string of the molecule is COC(CCCCC[P+](c1ccccc1)(c1ccccc1)c1ccccc1)OC. The second-order valence-electron chi connectivity index (χ2n) is 7.29. The lowest BCUT2D eigenvalue weighted by atomic mass is 10.2. The van der Waals surface area contributed by atoms with Gasteiger partial charge in [-0.25, -0.2) is 0 Å². The molecule has 29 heavy (non-hydrogen) atoms. The van der Waals surface area contributed by atoms with Crippen LogP contribution in [-0.4, -0.2) is 26.7 Å². The predicted molar refractivity (Wildman–Crippen MR) is 126 cm³/mol. The summed E-state index contributed by atoms with van der Waals surface area (Å²) in [5.41, 5.74) is 0. The Bertz CT molecular complexity index is 720. The Labute approximate surface area is 176 Å². The topological polar surface area (TPSA) is 18.5 Å². The van der Waals surface area contributed by atoms with E-state index in [9.17, 15) is 0 Å². The predicted octanol–water partition coefficient (Wildman–Crippen LogP) is 5.16. The normalized spacial score (nSPS) is 11.7. The molecule has 0 spiro atoms. The van der Waals surface area contributed by atoms with Gasteiger partial charge in [0.25, 0.3) is 0 Å². The molecule has 0 atom stereocenters. The quantitative estimate of drug-likeness (QED) is 0.248. The molecule has 0 heterocycles. The summed E-state index contributed by atoms with van der Waals surface area (Å²) in [4.78, 5) is 0. The molecule has 0 radical (unpaired) electrons. The second kappa shape index (κ2) is 11.3. The third-order valence-corrected chi connectivity index (χ3v) is 10.1. The summed E-state index contributed by atoms with van der Waals surface area (Å²) in [6.45, 7) is 0. The van der Waals surface area contributed by atoms with Gasteiger partial charge in [-0.05, 0) is 62.1 Å². The van der Waals surface area contributed by atoms with Crippen LogP contribution in [0.15, 0.2) is 91.0 Å². The largest absolute Gasteiger partial charge is 0.356 e. The fourth-order valence-electron chi connectivity index (χ4n) is 4.05. The molecule has 3 aromatic carbocycles. The lowest BCUT2D eigenvalue weighted by molar-refractivity contribution is -0.107. The molecule has 0 aliphatic carbocycles. The number of ether oxygens (including phenoxy) is 2. The number of rotatable bonds is 11. The van der Waals surface area contributed by atoms with Crippen molar-refractivity contribution in [1.82, 2.24) is 0 Å². The van der Waals surface area contributed by atoms with E-state index in [2.05, 4.69) is 91.0 Å². The van der Waals surface area contributed by atoms with Gasteiger partial charge in [-0.15, -0.1) is 0 Å². The molecule has 0 saturated heterocycles. The third kappa shape index (κ3) is 5.34. The van der Waals surface area contributed by atoms with E-state index in [0.717, 1.165) is 12.8 Å². The Morgan fingerprint density at radius 2 is 1.00 bits per heavy atom. The summed E-state index contributed by atoms with van der Waals surface area (Å²) < 4.78 is 10.7. The molecule has 3 heteroatoms. The molecular weight excluding hydrogens is 375 g/mol. The summed E-state index contributed by atoms with van der Waals surface area (Å²) in [7, 11) is 1.73. The Morgan fingerprint density at radius 1 is 0.586 bits per heavy atom. The molecule has 0 amide bonds. The summed E-state index contributed by atoms with van der Waals surface area (Å²) in [6.07, 6.45) is 5.51. The van der Waals surface area contributed by atoms with Crippen LogP contribution in [0.25, 0.3) is 0 Å². The second-order valence-corrected chi connectivity index (χ2v) is 10.9. The van der Waals surface area contributed by atoms with Crippen LogP contribution in [0.1, 0.15) is 25.7 Å². The monoisotopic (exact) mass is 407 g/mol. The van der Waals surface area contributed by atoms with E-state index < -0.39 is 7.26 Å². The minimum atomic E-state index is -1.69.